The van der Waals surface area contributed by atoms with Crippen LogP contribution in [0.2, 0.25) is 0 Å². The van der Waals surface area contributed by atoms with Gasteiger partial charge in [-0.25, -0.2) is 0 Å². The molecule has 3 rings (SSSR count). The van der Waals surface area contributed by atoms with Crippen LogP contribution in [0.25, 0.3) is 0 Å². The highest BCUT2D eigenvalue weighted by molar-refractivity contribution is 7.85. The number of hydrogen-bond donors (Lipinski definition) is 11. The summed E-state index contributed by atoms with van der Waals surface area (Å²) in [5.41, 5.74) is 9.79. The first-order valence-electron chi connectivity index (χ1n) is 21.7. The molecule has 1 aromatic carbocycles. The third-order valence-electron chi connectivity index (χ3n) is 10.9. The summed E-state index contributed by atoms with van der Waals surface area (Å²) in [5.74, 6) is -10.4. The topological polar surface area (TPSA) is 364 Å². The summed E-state index contributed by atoms with van der Waals surface area (Å²) < 4.78 is 13.1. The number of aliphatic carboxylic acids is 1. The van der Waals surface area contributed by atoms with Gasteiger partial charge in [0.25, 0.3) is 0 Å². The number of nitrogens with one attached hydrogen (secondary N) is 7. The van der Waals surface area contributed by atoms with Gasteiger partial charge in [0.05, 0.1) is 12.2 Å². The van der Waals surface area contributed by atoms with Gasteiger partial charge in [0.1, 0.15) is 47.3 Å². The smallest absolute Gasteiger partial charge is 0.303 e. The molecule has 0 radical (unpaired) electrons. The summed E-state index contributed by atoms with van der Waals surface area (Å²) >= 11 is 0. The van der Waals surface area contributed by atoms with Crippen LogP contribution in [0.4, 0.5) is 0 Å². The van der Waals surface area contributed by atoms with E-state index < -0.39 is 124 Å². The first-order valence-corrected chi connectivity index (χ1v) is 23.2. The van der Waals surface area contributed by atoms with Gasteiger partial charge in [0.2, 0.25) is 53.2 Å². The summed E-state index contributed by atoms with van der Waals surface area (Å²) in [4.78, 5) is 132. The van der Waals surface area contributed by atoms with Crippen LogP contribution in [0.1, 0.15) is 103 Å². The van der Waals surface area contributed by atoms with Crippen LogP contribution in [0.5, 0.6) is 5.75 Å². The molecule has 9 amide bonds. The van der Waals surface area contributed by atoms with E-state index in [4.69, 9.17) is 11.5 Å². The number of rotatable bonds is 11. The Kier molecular flexibility index (Phi) is 21.3. The lowest BCUT2D eigenvalue weighted by Crippen LogP contribution is -2.66. The normalized spacial score (nSPS) is 25.1. The van der Waals surface area contributed by atoms with Crippen molar-refractivity contribution in [2.45, 2.75) is 139 Å². The van der Waals surface area contributed by atoms with Crippen molar-refractivity contribution in [3.8, 4) is 5.75 Å². The molecule has 2 fully saturated rings. The Morgan fingerprint density at radius 1 is 0.769 bits per heavy atom. The van der Waals surface area contributed by atoms with Crippen LogP contribution in [-0.2, 0) is 65.2 Å². The summed E-state index contributed by atoms with van der Waals surface area (Å²) in [6, 6.07) is -1.28. The molecule has 0 aromatic heterocycles. The maximum atomic E-state index is 14.5. The van der Waals surface area contributed by atoms with Gasteiger partial charge in [-0.1, -0.05) is 45.2 Å². The molecule has 1 saturated carbocycles. The quantitative estimate of drug-likeness (QED) is 0.113. The number of hydrogen-bond acceptors (Lipinski definition) is 12. The molecular formula is C42H63N9O13S. The number of nitrogens with two attached hydrogens (primary N) is 2. The van der Waals surface area contributed by atoms with Gasteiger partial charge in [-0.15, -0.1) is 0 Å². The highest BCUT2D eigenvalue weighted by Crippen LogP contribution is 2.29. The summed E-state index contributed by atoms with van der Waals surface area (Å²) in [7, 11) is -2.12. The van der Waals surface area contributed by atoms with Gasteiger partial charge >= 0.3 is 5.97 Å². The predicted octanol–water partition coefficient (Wildman–Crippen LogP) is -2.11. The van der Waals surface area contributed by atoms with Crippen LogP contribution >= 0.6 is 0 Å². The van der Waals surface area contributed by atoms with Crippen LogP contribution in [0.3, 0.4) is 0 Å². The molecule has 2 aliphatic rings. The number of carboxylic acid groups (broad SMARTS) is 1. The summed E-state index contributed by atoms with van der Waals surface area (Å²) in [5, 5.41) is 37.3. The number of carbonyl (C=O) groups excluding carboxylic acids is 9. The molecule has 360 valence electrons. The first-order chi connectivity index (χ1) is 30.7. The second-order valence-corrected chi connectivity index (χ2v) is 18.4. The third kappa shape index (κ3) is 18.5. The summed E-state index contributed by atoms with van der Waals surface area (Å²) in [6.07, 6.45) is 0.765. The number of carboxylic acids is 1. The zero-order chi connectivity index (χ0) is 48.3. The first kappa shape index (κ1) is 53.2. The zero-order valence-electron chi connectivity index (χ0n) is 36.7. The van der Waals surface area contributed by atoms with E-state index in [0.29, 0.717) is 18.4 Å². The maximum absolute atomic E-state index is 14.5. The molecule has 0 unspecified atom stereocenters. The van der Waals surface area contributed by atoms with Crippen LogP contribution in [0, 0.1) is 5.92 Å². The van der Waals surface area contributed by atoms with E-state index in [2.05, 4.69) is 37.2 Å². The largest absolute Gasteiger partial charge is 0.508 e. The number of phenolic OH excluding ortho intramolecular Hbond substituents is 1. The highest BCUT2D eigenvalue weighted by atomic mass is 32.2. The molecule has 0 bridgehead atoms. The molecule has 13 N–H and O–H groups in total. The van der Waals surface area contributed by atoms with Crippen LogP contribution in [0.15, 0.2) is 24.3 Å². The minimum atomic E-state index is -2.12. The second kappa shape index (κ2) is 26.0. The van der Waals surface area contributed by atoms with E-state index in [1.807, 2.05) is 0 Å². The van der Waals surface area contributed by atoms with Crippen molar-refractivity contribution in [3.05, 3.63) is 29.8 Å². The fourth-order valence-electron chi connectivity index (χ4n) is 7.48. The van der Waals surface area contributed by atoms with Gasteiger partial charge < -0.3 is 58.9 Å². The molecule has 23 heteroatoms. The Labute approximate surface area is 379 Å². The fraction of sp³-hybridized carbons (Fsp3) is 0.619. The van der Waals surface area contributed by atoms with Crippen LogP contribution < -0.4 is 48.7 Å². The van der Waals surface area contributed by atoms with Crippen molar-refractivity contribution in [1.82, 2.24) is 37.2 Å². The van der Waals surface area contributed by atoms with Gasteiger partial charge in [-0.05, 0) is 68.6 Å². The molecule has 1 spiro atoms. The molecule has 1 saturated heterocycles. The van der Waals surface area contributed by atoms with E-state index >= 15 is 0 Å². The number of benzene rings is 1. The molecule has 1 aliphatic heterocycles. The van der Waals surface area contributed by atoms with Crippen LogP contribution in [-0.4, -0.2) is 127 Å². The Morgan fingerprint density at radius 3 is 2.03 bits per heavy atom. The lowest BCUT2D eigenvalue weighted by molar-refractivity contribution is -0.139. The molecule has 1 aliphatic carbocycles. The van der Waals surface area contributed by atoms with Gasteiger partial charge in [0, 0.05) is 36.6 Å². The minimum absolute atomic E-state index is 0.0113. The Balaban J connectivity index is 2.07. The average Bonchev–Trinajstić information content (AvgIpc) is 3.22. The van der Waals surface area contributed by atoms with Crippen molar-refractivity contribution >= 4 is 69.9 Å². The maximum Gasteiger partial charge on any atom is 0.303 e. The number of phenols is 1. The monoisotopic (exact) mass is 933 g/mol. The van der Waals surface area contributed by atoms with Crippen molar-refractivity contribution < 1.29 is 62.4 Å². The number of amides is 9. The Hall–Kier alpha value is -6.13. The van der Waals surface area contributed by atoms with Crippen molar-refractivity contribution in [1.29, 1.82) is 0 Å². The second-order valence-electron chi connectivity index (χ2n) is 16.9. The fourth-order valence-corrected chi connectivity index (χ4v) is 8.59. The highest BCUT2D eigenvalue weighted by Gasteiger charge is 2.44. The van der Waals surface area contributed by atoms with E-state index in [1.165, 1.54) is 24.3 Å². The predicted molar refractivity (Wildman–Crippen MR) is 234 cm³/mol. The molecule has 65 heavy (non-hydrogen) atoms. The minimum Gasteiger partial charge on any atom is -0.508 e. The van der Waals surface area contributed by atoms with Gasteiger partial charge in [-0.3, -0.25) is 52.2 Å². The Morgan fingerprint density at radius 2 is 1.42 bits per heavy atom. The van der Waals surface area contributed by atoms with E-state index in [0.717, 1.165) is 6.42 Å². The third-order valence-corrected chi connectivity index (χ3v) is 12.2. The van der Waals surface area contributed by atoms with Crippen molar-refractivity contribution in [3.63, 3.8) is 0 Å². The molecular weight excluding hydrogens is 871 g/mol. The van der Waals surface area contributed by atoms with Gasteiger partial charge in [0.15, 0.2) is 0 Å². The lowest BCUT2D eigenvalue weighted by atomic mass is 9.80. The molecule has 22 nitrogen and oxygen atoms in total. The van der Waals surface area contributed by atoms with Crippen molar-refractivity contribution in [2.24, 2.45) is 17.4 Å². The number of carbonyl (C=O) groups is 10. The average molecular weight is 934 g/mol. The van der Waals surface area contributed by atoms with E-state index in [-0.39, 0.29) is 82.4 Å². The van der Waals surface area contributed by atoms with Crippen molar-refractivity contribution in [2.75, 3.05) is 18.1 Å². The summed E-state index contributed by atoms with van der Waals surface area (Å²) in [6.45, 7) is 3.51. The molecule has 1 aromatic rings. The Bertz CT molecular complexity index is 1920. The van der Waals surface area contributed by atoms with E-state index in [1.54, 1.807) is 13.8 Å². The van der Waals surface area contributed by atoms with E-state index in [9.17, 15) is 62.4 Å². The molecule has 6 atom stereocenters. The number of aromatic hydroxyl groups is 1. The molecule has 1 heterocycles. The van der Waals surface area contributed by atoms with Gasteiger partial charge in [-0.2, -0.15) is 0 Å². The SMILES string of the molecule is CC(C)C[C@@H]1NC(=O)[C@H](CCCC(=O)O)NC(=O)C[S@@](=O)C[C@H](C(N)=O)NC(=O)CCCCNC(=O)[C@H](CC(N)=O)NC(=O)C2(CCCCC2)NC(=O)[C@H](Cc2ccc(O)cc2)NC1=O. The zero-order valence-corrected chi connectivity index (χ0v) is 37.6. The standard InChI is InChI=1S/C42H63N9O13S/c1-24(2)19-28-39(61)49-29(20-25-12-14-26(52)15-13-25)40(62)51-42(16-5-3-6-17-42)41(63)50-30(21-32(43)53)37(59)45-18-7-4-10-33(54)47-31(36(44)58)22-65(64)23-34(55)46-27(38(60)48-28)9-8-11-35(56)57/h12-15,24,27-31,52H,3-11,16-23H2,1-2H3,(H2,43,53)(H2,44,58)(H,45,59)(H,46,55)(H,47,54)(H,48,60)(H,49,61)(H,50,63)(H,51,62)(H,56,57)/t27-,28-,29-,30-,31+,65-/m0/s1. The number of primary amides is 2. The lowest BCUT2D eigenvalue weighted by Gasteiger charge is -2.38.